The van der Waals surface area contributed by atoms with Crippen LogP contribution < -0.4 is 5.32 Å². The number of H-pyrrole nitrogens is 1. The first kappa shape index (κ1) is 15.0. The van der Waals surface area contributed by atoms with Gasteiger partial charge in [-0.25, -0.2) is 0 Å². The van der Waals surface area contributed by atoms with Crippen molar-refractivity contribution < 1.29 is 9.32 Å². The zero-order chi connectivity index (χ0) is 16.7. The summed E-state index contributed by atoms with van der Waals surface area (Å²) in [4.78, 5) is 16.3. The summed E-state index contributed by atoms with van der Waals surface area (Å²) in [7, 11) is 0. The molecule has 0 radical (unpaired) electrons. The molecule has 4 rings (SSSR count). The summed E-state index contributed by atoms with van der Waals surface area (Å²) in [5.41, 5.74) is 5.24. The second-order valence-corrected chi connectivity index (χ2v) is 6.43. The van der Waals surface area contributed by atoms with Gasteiger partial charge in [0.25, 0.3) is 0 Å². The first-order valence-corrected chi connectivity index (χ1v) is 8.54. The van der Waals surface area contributed by atoms with E-state index in [-0.39, 0.29) is 11.8 Å². The Hall–Kier alpha value is -2.56. The summed E-state index contributed by atoms with van der Waals surface area (Å²) in [5, 5.41) is 8.15. The SMILES string of the molecule is CCc1c(C)noc1NC(=O)C1CCCc2c1[nH]c1ccccc21. The number of carbonyl (C=O) groups is 1. The van der Waals surface area contributed by atoms with Crippen LogP contribution in [-0.2, 0) is 17.6 Å². The molecule has 5 heteroatoms. The molecule has 1 atom stereocenters. The van der Waals surface area contributed by atoms with Gasteiger partial charge in [-0.05, 0) is 44.2 Å². The maximum atomic E-state index is 12.9. The number of para-hydroxylation sites is 1. The molecular weight excluding hydrogens is 302 g/mol. The van der Waals surface area contributed by atoms with E-state index in [4.69, 9.17) is 4.52 Å². The largest absolute Gasteiger partial charge is 0.357 e. The zero-order valence-electron chi connectivity index (χ0n) is 14.0. The third kappa shape index (κ3) is 2.31. The predicted octanol–water partition coefficient (Wildman–Crippen LogP) is 4.09. The number of rotatable bonds is 3. The Morgan fingerprint density at radius 3 is 3.08 bits per heavy atom. The van der Waals surface area contributed by atoms with Crippen LogP contribution in [0.1, 0.15) is 48.2 Å². The maximum Gasteiger partial charge on any atom is 0.235 e. The molecule has 3 aromatic rings. The van der Waals surface area contributed by atoms with E-state index in [1.807, 2.05) is 26.0 Å². The highest BCUT2D eigenvalue weighted by molar-refractivity contribution is 5.97. The highest BCUT2D eigenvalue weighted by Crippen LogP contribution is 2.36. The average Bonchev–Trinajstić information content (AvgIpc) is 3.14. The first-order chi connectivity index (χ1) is 11.7. The van der Waals surface area contributed by atoms with E-state index in [0.29, 0.717) is 5.88 Å². The van der Waals surface area contributed by atoms with Gasteiger partial charge in [0.05, 0.1) is 11.6 Å². The lowest BCUT2D eigenvalue weighted by atomic mass is 9.86. The van der Waals surface area contributed by atoms with Crippen LogP contribution in [0.25, 0.3) is 10.9 Å². The van der Waals surface area contributed by atoms with E-state index in [1.165, 1.54) is 10.9 Å². The highest BCUT2D eigenvalue weighted by atomic mass is 16.5. The number of nitrogens with one attached hydrogen (secondary N) is 2. The van der Waals surface area contributed by atoms with Crippen molar-refractivity contribution >= 4 is 22.7 Å². The lowest BCUT2D eigenvalue weighted by Crippen LogP contribution is -2.25. The van der Waals surface area contributed by atoms with Crippen molar-refractivity contribution in [2.45, 2.75) is 45.4 Å². The minimum Gasteiger partial charge on any atom is -0.357 e. The zero-order valence-corrected chi connectivity index (χ0v) is 14.0. The molecule has 0 saturated heterocycles. The van der Waals surface area contributed by atoms with Crippen molar-refractivity contribution in [3.05, 3.63) is 46.8 Å². The summed E-state index contributed by atoms with van der Waals surface area (Å²) in [6, 6.07) is 8.26. The molecule has 1 amide bonds. The van der Waals surface area contributed by atoms with Gasteiger partial charge in [0.15, 0.2) is 0 Å². The molecule has 0 spiro atoms. The number of benzene rings is 1. The van der Waals surface area contributed by atoms with Gasteiger partial charge in [-0.3, -0.25) is 10.1 Å². The Balaban J connectivity index is 1.67. The molecule has 24 heavy (non-hydrogen) atoms. The van der Waals surface area contributed by atoms with Crippen LogP contribution in [0, 0.1) is 6.92 Å². The van der Waals surface area contributed by atoms with Crippen molar-refractivity contribution in [1.82, 2.24) is 10.1 Å². The van der Waals surface area contributed by atoms with Crippen molar-refractivity contribution in [3.8, 4) is 0 Å². The molecule has 1 aromatic carbocycles. The molecular formula is C19H21N3O2. The lowest BCUT2D eigenvalue weighted by molar-refractivity contribution is -0.118. The second-order valence-electron chi connectivity index (χ2n) is 6.43. The van der Waals surface area contributed by atoms with Crippen LogP contribution in [0.15, 0.2) is 28.8 Å². The normalized spacial score (nSPS) is 17.0. The van der Waals surface area contributed by atoms with Crippen molar-refractivity contribution in [2.75, 3.05) is 5.32 Å². The van der Waals surface area contributed by atoms with E-state index >= 15 is 0 Å². The number of aromatic nitrogens is 2. The van der Waals surface area contributed by atoms with Crippen molar-refractivity contribution in [1.29, 1.82) is 0 Å². The van der Waals surface area contributed by atoms with Crippen LogP contribution in [-0.4, -0.2) is 16.0 Å². The molecule has 2 heterocycles. The van der Waals surface area contributed by atoms with Gasteiger partial charge in [0.2, 0.25) is 11.8 Å². The van der Waals surface area contributed by atoms with Crippen LogP contribution >= 0.6 is 0 Å². The van der Waals surface area contributed by atoms with Crippen LogP contribution in [0.3, 0.4) is 0 Å². The predicted molar refractivity (Wildman–Crippen MR) is 93.2 cm³/mol. The molecule has 2 N–H and O–H groups in total. The summed E-state index contributed by atoms with van der Waals surface area (Å²) in [6.07, 6.45) is 3.67. The fourth-order valence-electron chi connectivity index (χ4n) is 3.78. The first-order valence-electron chi connectivity index (χ1n) is 8.54. The number of hydrogen-bond donors (Lipinski definition) is 2. The number of aromatic amines is 1. The van der Waals surface area contributed by atoms with Gasteiger partial charge in [-0.15, -0.1) is 0 Å². The van der Waals surface area contributed by atoms with Gasteiger partial charge in [-0.1, -0.05) is 30.3 Å². The Kier molecular flexibility index (Phi) is 3.63. The lowest BCUT2D eigenvalue weighted by Gasteiger charge is -2.21. The van der Waals surface area contributed by atoms with E-state index in [1.54, 1.807) is 0 Å². The van der Waals surface area contributed by atoms with Crippen LogP contribution in [0.2, 0.25) is 0 Å². The molecule has 2 aromatic heterocycles. The quantitative estimate of drug-likeness (QED) is 0.763. The number of aryl methyl sites for hydroxylation is 2. The van der Waals surface area contributed by atoms with E-state index in [2.05, 4.69) is 27.6 Å². The summed E-state index contributed by atoms with van der Waals surface area (Å²) in [5.74, 6) is 0.299. The van der Waals surface area contributed by atoms with Crippen molar-refractivity contribution in [3.63, 3.8) is 0 Å². The summed E-state index contributed by atoms with van der Waals surface area (Å²) < 4.78 is 5.30. The van der Waals surface area contributed by atoms with Gasteiger partial charge >= 0.3 is 0 Å². The molecule has 1 unspecified atom stereocenters. The van der Waals surface area contributed by atoms with Gasteiger partial charge in [-0.2, -0.15) is 0 Å². The third-order valence-electron chi connectivity index (χ3n) is 5.01. The Bertz CT molecular complexity index is 907. The standard InChI is InChI=1S/C19H21N3O2/c1-3-12-11(2)22-24-19(12)21-18(23)15-9-6-8-14-13-7-4-5-10-16(13)20-17(14)15/h4-5,7,10,15,20H,3,6,8-9H2,1-2H3,(H,21,23). The minimum atomic E-state index is -0.170. The molecule has 0 saturated carbocycles. The van der Waals surface area contributed by atoms with Gasteiger partial charge < -0.3 is 9.51 Å². The molecule has 124 valence electrons. The second kappa shape index (κ2) is 5.82. The molecule has 1 aliphatic carbocycles. The topological polar surface area (TPSA) is 70.9 Å². The molecule has 5 nitrogen and oxygen atoms in total. The van der Waals surface area contributed by atoms with E-state index < -0.39 is 0 Å². The third-order valence-corrected chi connectivity index (χ3v) is 5.01. The van der Waals surface area contributed by atoms with Crippen LogP contribution in [0.5, 0.6) is 0 Å². The maximum absolute atomic E-state index is 12.9. The minimum absolute atomic E-state index is 0.0200. The van der Waals surface area contributed by atoms with E-state index in [0.717, 1.165) is 48.2 Å². The smallest absolute Gasteiger partial charge is 0.235 e. The Morgan fingerprint density at radius 2 is 2.25 bits per heavy atom. The van der Waals surface area contributed by atoms with Crippen molar-refractivity contribution in [2.24, 2.45) is 0 Å². The molecule has 0 fully saturated rings. The number of amides is 1. The monoisotopic (exact) mass is 323 g/mol. The average molecular weight is 323 g/mol. The molecule has 1 aliphatic rings. The number of nitrogens with zero attached hydrogens (tertiary/aromatic N) is 1. The van der Waals surface area contributed by atoms with Gasteiger partial charge in [0.1, 0.15) is 0 Å². The fourth-order valence-corrected chi connectivity index (χ4v) is 3.78. The molecule has 0 aliphatic heterocycles. The summed E-state index contributed by atoms with van der Waals surface area (Å²) >= 11 is 0. The highest BCUT2D eigenvalue weighted by Gasteiger charge is 2.30. The van der Waals surface area contributed by atoms with E-state index in [9.17, 15) is 4.79 Å². The number of carbonyl (C=O) groups excluding carboxylic acids is 1. The number of anilines is 1. The Labute approximate surface area is 140 Å². The van der Waals surface area contributed by atoms with Gasteiger partial charge in [0, 0.05) is 22.2 Å². The molecule has 0 bridgehead atoms. The number of fused-ring (bicyclic) bond motifs is 3. The Morgan fingerprint density at radius 1 is 1.42 bits per heavy atom. The van der Waals surface area contributed by atoms with Crippen LogP contribution in [0.4, 0.5) is 5.88 Å². The fraction of sp³-hybridized carbons (Fsp3) is 0.368. The summed E-state index contributed by atoms with van der Waals surface area (Å²) in [6.45, 7) is 3.93. The number of hydrogen-bond acceptors (Lipinski definition) is 3.